The number of carbonyl (C=O) groups excluding carboxylic acids is 1. The molecule has 12 heteroatoms. The Balaban J connectivity index is 3.46. The molecule has 1 aromatic rings. The van der Waals surface area contributed by atoms with E-state index in [0.29, 0.717) is 0 Å². The Morgan fingerprint density at radius 3 is 2.00 bits per heavy atom. The molecule has 24 heavy (non-hydrogen) atoms. The molecule has 0 aliphatic carbocycles. The quantitative estimate of drug-likeness (QED) is 0.483. The minimum absolute atomic E-state index is 0.0446. The molecule has 0 atom stereocenters. The molecule has 0 aromatic heterocycles. The number of halogens is 6. The van der Waals surface area contributed by atoms with E-state index in [1.165, 1.54) is 0 Å². The number of benzene rings is 1. The summed E-state index contributed by atoms with van der Waals surface area (Å²) in [4.78, 5) is 10.6. The van der Waals surface area contributed by atoms with Gasteiger partial charge in [-0.1, -0.05) is 0 Å². The first-order chi connectivity index (χ1) is 10.8. The molecular weight excluding hydrogens is 370 g/mol. The predicted molar refractivity (Wildman–Crippen MR) is 67.7 cm³/mol. The molecule has 5 nitrogen and oxygen atoms in total. The zero-order chi connectivity index (χ0) is 18.7. The molecule has 0 aliphatic rings. The van der Waals surface area contributed by atoms with Crippen molar-refractivity contribution in [3.8, 4) is 5.75 Å². The first-order valence-electron chi connectivity index (χ1n) is 6.09. The lowest BCUT2D eigenvalue weighted by Gasteiger charge is -2.18. The van der Waals surface area contributed by atoms with Gasteiger partial charge in [0.25, 0.3) is 11.0 Å². The van der Waals surface area contributed by atoms with Crippen molar-refractivity contribution in [1.82, 2.24) is 0 Å². The van der Waals surface area contributed by atoms with Gasteiger partial charge < -0.3 is 8.92 Å². The van der Waals surface area contributed by atoms with E-state index in [1.54, 1.807) is 0 Å². The highest BCUT2D eigenvalue weighted by Crippen LogP contribution is 2.42. The smallest absolute Gasteiger partial charge is 0.420 e. The Hall–Kier alpha value is -1.98. The van der Waals surface area contributed by atoms with Crippen molar-refractivity contribution in [3.63, 3.8) is 0 Å². The van der Waals surface area contributed by atoms with E-state index in [2.05, 4.69) is 8.92 Å². The van der Waals surface area contributed by atoms with Gasteiger partial charge in [-0.25, -0.2) is 0 Å². The molecule has 0 bridgehead atoms. The van der Waals surface area contributed by atoms with E-state index < -0.39 is 64.8 Å². The van der Waals surface area contributed by atoms with Crippen LogP contribution in [0.25, 0.3) is 0 Å². The van der Waals surface area contributed by atoms with Gasteiger partial charge in [0.15, 0.2) is 5.75 Å². The van der Waals surface area contributed by atoms with E-state index in [0.717, 1.165) is 6.92 Å². The molecule has 0 saturated carbocycles. The maximum absolute atomic E-state index is 13.0. The van der Waals surface area contributed by atoms with Crippen molar-refractivity contribution >= 4 is 17.0 Å². The third-order valence-corrected chi connectivity index (χ3v) is 3.01. The standard InChI is InChI=1S/C12H10F6O5S/c1-6(19)22-3-2-7-4-9(12(16,17)18)10(23-24(20)21)5-8(7)11(13,14)15/h4-5,24H,2-3H2,1H3. The molecule has 0 N–H and O–H groups in total. The summed E-state index contributed by atoms with van der Waals surface area (Å²) in [6.07, 6.45) is -10.9. The predicted octanol–water partition coefficient (Wildman–Crippen LogP) is 2.74. The number of esters is 1. The Labute approximate surface area is 133 Å². The van der Waals surface area contributed by atoms with Crippen LogP contribution in [0.5, 0.6) is 5.75 Å². The van der Waals surface area contributed by atoms with Crippen LogP contribution in [-0.4, -0.2) is 21.0 Å². The molecule has 136 valence electrons. The van der Waals surface area contributed by atoms with Gasteiger partial charge in [-0.05, 0) is 17.7 Å². The molecule has 0 heterocycles. The Morgan fingerprint density at radius 1 is 1.04 bits per heavy atom. The fourth-order valence-corrected chi connectivity index (χ4v) is 2.09. The van der Waals surface area contributed by atoms with E-state index >= 15 is 0 Å². The third-order valence-electron chi connectivity index (χ3n) is 2.67. The Kier molecular flexibility index (Phi) is 6.09. The zero-order valence-electron chi connectivity index (χ0n) is 11.8. The highest BCUT2D eigenvalue weighted by Gasteiger charge is 2.40. The van der Waals surface area contributed by atoms with Crippen LogP contribution >= 0.6 is 0 Å². The van der Waals surface area contributed by atoms with Crippen molar-refractivity contribution in [1.29, 1.82) is 0 Å². The van der Waals surface area contributed by atoms with Crippen LogP contribution < -0.4 is 4.18 Å². The fourth-order valence-electron chi connectivity index (χ4n) is 1.78. The summed E-state index contributed by atoms with van der Waals surface area (Å²) in [7, 11) is -3.85. The maximum Gasteiger partial charge on any atom is 0.420 e. The van der Waals surface area contributed by atoms with Gasteiger partial charge in [-0.3, -0.25) is 4.79 Å². The lowest BCUT2D eigenvalue weighted by Crippen LogP contribution is -2.16. The zero-order valence-corrected chi connectivity index (χ0v) is 12.7. The number of carbonyl (C=O) groups is 1. The van der Waals surface area contributed by atoms with Crippen molar-refractivity contribution in [2.45, 2.75) is 25.7 Å². The molecule has 0 aliphatic heterocycles. The molecule has 0 fully saturated rings. The topological polar surface area (TPSA) is 69.7 Å². The van der Waals surface area contributed by atoms with Gasteiger partial charge in [-0.15, -0.1) is 0 Å². The summed E-state index contributed by atoms with van der Waals surface area (Å²) in [5.74, 6) is -2.30. The lowest BCUT2D eigenvalue weighted by molar-refractivity contribution is -0.143. The molecule has 1 rings (SSSR count). The summed E-state index contributed by atoms with van der Waals surface area (Å²) in [6, 6.07) is 0.0809. The number of hydrogen-bond acceptors (Lipinski definition) is 5. The first kappa shape index (κ1) is 20.1. The number of thiol groups is 1. The summed E-state index contributed by atoms with van der Waals surface area (Å²) in [5, 5.41) is 0. The maximum atomic E-state index is 13.0. The Morgan fingerprint density at radius 2 is 1.58 bits per heavy atom. The second-order valence-corrected chi connectivity index (χ2v) is 5.04. The van der Waals surface area contributed by atoms with Crippen LogP contribution in [-0.2, 0) is 39.3 Å². The summed E-state index contributed by atoms with van der Waals surface area (Å²) < 4.78 is 107. The number of ether oxygens (including phenoxy) is 1. The molecule has 0 saturated heterocycles. The molecule has 0 spiro atoms. The summed E-state index contributed by atoms with van der Waals surface area (Å²) in [6.45, 7) is 0.402. The van der Waals surface area contributed by atoms with Crippen LogP contribution in [0.1, 0.15) is 23.6 Å². The van der Waals surface area contributed by atoms with Gasteiger partial charge in [-0.2, -0.15) is 34.8 Å². The van der Waals surface area contributed by atoms with Crippen LogP contribution in [0.2, 0.25) is 0 Å². The highest BCUT2D eigenvalue weighted by molar-refractivity contribution is 7.67. The second kappa shape index (κ2) is 7.28. The third kappa shape index (κ3) is 5.58. The van der Waals surface area contributed by atoms with Crippen molar-refractivity contribution in [2.24, 2.45) is 0 Å². The number of rotatable bonds is 5. The average molecular weight is 380 g/mol. The lowest BCUT2D eigenvalue weighted by atomic mass is 9.99. The van der Waals surface area contributed by atoms with E-state index in [9.17, 15) is 39.6 Å². The summed E-state index contributed by atoms with van der Waals surface area (Å²) in [5.41, 5.74) is -4.02. The summed E-state index contributed by atoms with van der Waals surface area (Å²) >= 11 is 0. The average Bonchev–Trinajstić information content (AvgIpc) is 2.36. The molecule has 0 amide bonds. The van der Waals surface area contributed by atoms with Crippen molar-refractivity contribution in [2.75, 3.05) is 6.61 Å². The minimum atomic E-state index is -5.15. The van der Waals surface area contributed by atoms with Gasteiger partial charge >= 0.3 is 18.3 Å². The van der Waals surface area contributed by atoms with Gasteiger partial charge in [0.2, 0.25) is 0 Å². The van der Waals surface area contributed by atoms with E-state index in [-0.39, 0.29) is 12.1 Å². The van der Waals surface area contributed by atoms with Gasteiger partial charge in [0.05, 0.1) is 17.7 Å². The number of alkyl halides is 6. The van der Waals surface area contributed by atoms with Crippen molar-refractivity contribution < 1.29 is 48.5 Å². The van der Waals surface area contributed by atoms with Gasteiger partial charge in [0.1, 0.15) is 0 Å². The molecule has 1 aromatic carbocycles. The second-order valence-electron chi connectivity index (χ2n) is 4.41. The number of hydrogen-bond donors (Lipinski definition) is 1. The van der Waals surface area contributed by atoms with Crippen LogP contribution in [0.4, 0.5) is 26.3 Å². The SMILES string of the molecule is CC(=O)OCCc1cc(C(F)(F)F)c(O[SH](=O)=O)cc1C(F)(F)F. The minimum Gasteiger partial charge on any atom is -0.466 e. The molecule has 0 radical (unpaired) electrons. The van der Waals surface area contributed by atoms with Crippen LogP contribution in [0, 0.1) is 0 Å². The monoisotopic (exact) mass is 380 g/mol. The Bertz CT molecular complexity index is 684. The molecule has 0 unspecified atom stereocenters. The highest BCUT2D eigenvalue weighted by atomic mass is 32.2. The van der Waals surface area contributed by atoms with Crippen LogP contribution in [0.3, 0.4) is 0 Å². The first-order valence-corrected chi connectivity index (χ1v) is 7.19. The van der Waals surface area contributed by atoms with E-state index in [4.69, 9.17) is 0 Å². The largest absolute Gasteiger partial charge is 0.466 e. The van der Waals surface area contributed by atoms with Crippen LogP contribution in [0.15, 0.2) is 12.1 Å². The fraction of sp³-hybridized carbons (Fsp3) is 0.417. The van der Waals surface area contributed by atoms with Crippen molar-refractivity contribution in [3.05, 3.63) is 28.8 Å². The van der Waals surface area contributed by atoms with E-state index in [1.807, 2.05) is 0 Å². The molecular formula is C12H10F6O5S. The normalized spacial score (nSPS) is 12.3. The van der Waals surface area contributed by atoms with Gasteiger partial charge in [0, 0.05) is 13.3 Å².